The second-order valence-corrected chi connectivity index (χ2v) is 4.56. The van der Waals surface area contributed by atoms with E-state index in [1.165, 1.54) is 13.2 Å². The fourth-order valence-electron chi connectivity index (χ4n) is 1.93. The average molecular weight is 289 g/mol. The largest absolute Gasteiger partial charge is 0.466 e. The molecule has 0 radical (unpaired) electrons. The third kappa shape index (κ3) is 4.19. The molecule has 0 saturated heterocycles. The Bertz CT molecular complexity index is 753. The lowest BCUT2D eigenvalue weighted by molar-refractivity contribution is -0.134. The molecule has 0 atom stereocenters. The molecule has 0 amide bonds. The van der Waals surface area contributed by atoms with Gasteiger partial charge in [-0.25, -0.2) is 4.79 Å². The minimum absolute atomic E-state index is 0.435. The van der Waals surface area contributed by atoms with Gasteiger partial charge in [0.2, 0.25) is 0 Å². The van der Waals surface area contributed by atoms with Crippen molar-refractivity contribution in [2.45, 2.75) is 0 Å². The van der Waals surface area contributed by atoms with E-state index < -0.39 is 5.97 Å². The van der Waals surface area contributed by atoms with Crippen LogP contribution in [0, 0.1) is 11.3 Å². The molecule has 2 rings (SSSR count). The van der Waals surface area contributed by atoms with Crippen molar-refractivity contribution in [3.63, 3.8) is 0 Å². The summed E-state index contributed by atoms with van der Waals surface area (Å²) in [5, 5.41) is 9.00. The van der Waals surface area contributed by atoms with Gasteiger partial charge in [-0.15, -0.1) is 0 Å². The van der Waals surface area contributed by atoms with E-state index in [0.717, 1.165) is 11.1 Å². The lowest BCUT2D eigenvalue weighted by Gasteiger charge is -2.03. The lowest BCUT2D eigenvalue weighted by atomic mass is 10.0. The van der Waals surface area contributed by atoms with Gasteiger partial charge in [-0.05, 0) is 28.8 Å². The Morgan fingerprint density at radius 3 is 2.59 bits per heavy atom. The highest BCUT2D eigenvalue weighted by molar-refractivity contribution is 5.95. The van der Waals surface area contributed by atoms with Crippen LogP contribution in [0.15, 0.2) is 66.7 Å². The second kappa shape index (κ2) is 7.61. The van der Waals surface area contributed by atoms with Gasteiger partial charge in [-0.3, -0.25) is 0 Å². The van der Waals surface area contributed by atoms with E-state index >= 15 is 0 Å². The predicted molar refractivity (Wildman–Crippen MR) is 86.6 cm³/mol. The van der Waals surface area contributed by atoms with E-state index in [0.29, 0.717) is 11.1 Å². The molecule has 0 unspecified atom stereocenters. The zero-order valence-corrected chi connectivity index (χ0v) is 12.2. The summed E-state index contributed by atoms with van der Waals surface area (Å²) in [4.78, 5) is 11.6. The summed E-state index contributed by atoms with van der Waals surface area (Å²) in [7, 11) is 1.34. The van der Waals surface area contributed by atoms with Crippen molar-refractivity contribution in [1.82, 2.24) is 0 Å². The van der Waals surface area contributed by atoms with Crippen LogP contribution < -0.4 is 0 Å². The SMILES string of the molecule is COC(=O)/C=C(/C=C/c1ccccc1)c1cccc(C#N)c1. The van der Waals surface area contributed by atoms with Gasteiger partial charge in [0.25, 0.3) is 0 Å². The number of nitrogens with zero attached hydrogens (tertiary/aromatic N) is 1. The number of nitriles is 1. The van der Waals surface area contributed by atoms with Gasteiger partial charge in [-0.2, -0.15) is 5.26 Å². The number of rotatable bonds is 4. The van der Waals surface area contributed by atoms with E-state index in [1.807, 2.05) is 48.6 Å². The summed E-state index contributed by atoms with van der Waals surface area (Å²) in [5.74, 6) is -0.435. The van der Waals surface area contributed by atoms with Gasteiger partial charge in [0, 0.05) is 6.08 Å². The van der Waals surface area contributed by atoms with Gasteiger partial charge in [0.05, 0.1) is 18.7 Å². The zero-order valence-electron chi connectivity index (χ0n) is 12.2. The Labute approximate surface area is 129 Å². The number of ether oxygens (including phenoxy) is 1. The quantitative estimate of drug-likeness (QED) is 0.488. The number of benzene rings is 2. The molecule has 2 aromatic carbocycles. The molecule has 2 aromatic rings. The normalized spacial score (nSPS) is 11.2. The second-order valence-electron chi connectivity index (χ2n) is 4.56. The highest BCUT2D eigenvalue weighted by Crippen LogP contribution is 2.19. The third-order valence-corrected chi connectivity index (χ3v) is 3.05. The van der Waals surface area contributed by atoms with E-state index in [-0.39, 0.29) is 0 Å². The van der Waals surface area contributed by atoms with Crippen molar-refractivity contribution >= 4 is 17.6 Å². The Kier molecular flexibility index (Phi) is 5.28. The molecule has 3 heteroatoms. The topological polar surface area (TPSA) is 50.1 Å². The maximum atomic E-state index is 11.6. The summed E-state index contributed by atoms with van der Waals surface area (Å²) in [6, 6.07) is 19.0. The smallest absolute Gasteiger partial charge is 0.331 e. The first-order chi connectivity index (χ1) is 10.7. The monoisotopic (exact) mass is 289 g/mol. The fraction of sp³-hybridized carbons (Fsp3) is 0.0526. The van der Waals surface area contributed by atoms with Crippen LogP contribution in [0.4, 0.5) is 0 Å². The Morgan fingerprint density at radius 1 is 1.14 bits per heavy atom. The number of carbonyl (C=O) groups excluding carboxylic acids is 1. The van der Waals surface area contributed by atoms with E-state index in [1.54, 1.807) is 18.2 Å². The molecule has 0 aliphatic rings. The van der Waals surface area contributed by atoms with Crippen LogP contribution in [0.2, 0.25) is 0 Å². The molecule has 0 aromatic heterocycles. The van der Waals surface area contributed by atoms with Gasteiger partial charge < -0.3 is 4.74 Å². The molecule has 0 saturated carbocycles. The molecule has 0 aliphatic carbocycles. The summed E-state index contributed by atoms with van der Waals surface area (Å²) in [6.07, 6.45) is 5.16. The standard InChI is InChI=1S/C19H15NO2/c1-22-19(21)13-18(11-10-15-6-3-2-4-7-15)17-9-5-8-16(12-17)14-20/h2-13H,1H3/b11-10+,18-13-. The van der Waals surface area contributed by atoms with Crippen LogP contribution in [-0.4, -0.2) is 13.1 Å². The van der Waals surface area contributed by atoms with E-state index in [2.05, 4.69) is 6.07 Å². The van der Waals surface area contributed by atoms with Crippen LogP contribution in [0.1, 0.15) is 16.7 Å². The van der Waals surface area contributed by atoms with E-state index in [4.69, 9.17) is 10.00 Å². The molecular weight excluding hydrogens is 274 g/mol. The van der Waals surface area contributed by atoms with Gasteiger partial charge in [0.1, 0.15) is 0 Å². The third-order valence-electron chi connectivity index (χ3n) is 3.05. The Morgan fingerprint density at radius 2 is 1.91 bits per heavy atom. The maximum Gasteiger partial charge on any atom is 0.331 e. The molecule has 0 spiro atoms. The number of esters is 1. The van der Waals surface area contributed by atoms with Crippen molar-refractivity contribution < 1.29 is 9.53 Å². The van der Waals surface area contributed by atoms with Crippen molar-refractivity contribution in [2.75, 3.05) is 7.11 Å². The van der Waals surface area contributed by atoms with Crippen molar-refractivity contribution in [1.29, 1.82) is 5.26 Å². The Balaban J connectivity index is 2.39. The molecule has 0 aliphatic heterocycles. The minimum Gasteiger partial charge on any atom is -0.466 e. The van der Waals surface area contributed by atoms with Gasteiger partial charge in [0.15, 0.2) is 0 Å². The number of allylic oxidation sites excluding steroid dienone is 2. The van der Waals surface area contributed by atoms with Crippen LogP contribution in [0.3, 0.4) is 0 Å². The summed E-state index contributed by atoms with van der Waals surface area (Å²) >= 11 is 0. The predicted octanol–water partition coefficient (Wildman–Crippen LogP) is 3.83. The summed E-state index contributed by atoms with van der Waals surface area (Å²) < 4.78 is 4.70. The van der Waals surface area contributed by atoms with Crippen LogP contribution in [-0.2, 0) is 9.53 Å². The molecule has 3 nitrogen and oxygen atoms in total. The maximum absolute atomic E-state index is 11.6. The molecule has 0 N–H and O–H groups in total. The van der Waals surface area contributed by atoms with Crippen LogP contribution >= 0.6 is 0 Å². The fourth-order valence-corrected chi connectivity index (χ4v) is 1.93. The zero-order chi connectivity index (χ0) is 15.8. The Hall–Kier alpha value is -3.12. The molecule has 0 bridgehead atoms. The minimum atomic E-state index is -0.435. The number of carbonyl (C=O) groups is 1. The molecular formula is C19H15NO2. The molecule has 0 fully saturated rings. The number of methoxy groups -OCH3 is 1. The van der Waals surface area contributed by atoms with Crippen molar-refractivity contribution in [2.24, 2.45) is 0 Å². The van der Waals surface area contributed by atoms with E-state index in [9.17, 15) is 4.79 Å². The molecule has 108 valence electrons. The lowest BCUT2D eigenvalue weighted by Crippen LogP contribution is -1.96. The number of hydrogen-bond acceptors (Lipinski definition) is 3. The van der Waals surface area contributed by atoms with Gasteiger partial charge in [-0.1, -0.05) is 54.6 Å². The first kappa shape index (κ1) is 15.3. The highest BCUT2D eigenvalue weighted by atomic mass is 16.5. The first-order valence-corrected chi connectivity index (χ1v) is 6.76. The molecule has 0 heterocycles. The van der Waals surface area contributed by atoms with Crippen LogP contribution in [0.25, 0.3) is 11.6 Å². The van der Waals surface area contributed by atoms with Crippen molar-refractivity contribution in [3.8, 4) is 6.07 Å². The average Bonchev–Trinajstić information content (AvgIpc) is 2.59. The van der Waals surface area contributed by atoms with Crippen LogP contribution in [0.5, 0.6) is 0 Å². The summed E-state index contributed by atoms with van der Waals surface area (Å²) in [5.41, 5.74) is 3.04. The first-order valence-electron chi connectivity index (χ1n) is 6.76. The summed E-state index contributed by atoms with van der Waals surface area (Å²) in [6.45, 7) is 0. The molecule has 22 heavy (non-hydrogen) atoms. The highest BCUT2D eigenvalue weighted by Gasteiger charge is 2.03. The van der Waals surface area contributed by atoms with Crippen molar-refractivity contribution in [3.05, 3.63) is 83.4 Å². The number of hydrogen-bond donors (Lipinski definition) is 0. The van der Waals surface area contributed by atoms with Gasteiger partial charge >= 0.3 is 5.97 Å².